The van der Waals surface area contributed by atoms with Crippen molar-refractivity contribution in [3.63, 3.8) is 0 Å². The maximum absolute atomic E-state index is 5.94. The van der Waals surface area contributed by atoms with Gasteiger partial charge in [-0.15, -0.1) is 0 Å². The van der Waals surface area contributed by atoms with Crippen LogP contribution in [-0.2, 0) is 0 Å². The molecule has 0 spiro atoms. The van der Waals surface area contributed by atoms with E-state index in [1.54, 1.807) is 0 Å². The molecule has 1 atom stereocenters. The van der Waals surface area contributed by atoms with E-state index in [0.29, 0.717) is 6.54 Å². The number of hydrogen-bond acceptors (Lipinski definition) is 2. The normalized spacial score (nSPS) is 12.9. The lowest BCUT2D eigenvalue weighted by Gasteiger charge is -2.12. The largest absolute Gasteiger partial charge is 0.330 e. The third-order valence-corrected chi connectivity index (χ3v) is 2.44. The Balaban J connectivity index is 2.84. The van der Waals surface area contributed by atoms with Gasteiger partial charge in [0.05, 0.1) is 0 Å². The van der Waals surface area contributed by atoms with Gasteiger partial charge < -0.3 is 11.5 Å². The quantitative estimate of drug-likeness (QED) is 0.739. The summed E-state index contributed by atoms with van der Waals surface area (Å²) < 4.78 is 0. The molecule has 0 aromatic heterocycles. The molecule has 0 fully saturated rings. The zero-order valence-corrected chi connectivity index (χ0v) is 8.38. The number of benzene rings is 1. The molecule has 0 radical (unpaired) electrons. The Morgan fingerprint density at radius 3 is 2.46 bits per heavy atom. The molecule has 0 aliphatic heterocycles. The molecule has 72 valence electrons. The highest BCUT2D eigenvalue weighted by Crippen LogP contribution is 2.16. The van der Waals surface area contributed by atoms with Crippen molar-refractivity contribution in [3.8, 4) is 0 Å². The molecule has 0 aliphatic carbocycles. The molecule has 0 bridgehead atoms. The van der Waals surface area contributed by atoms with Crippen LogP contribution in [0.2, 0.25) is 0 Å². The van der Waals surface area contributed by atoms with Gasteiger partial charge in [0.1, 0.15) is 0 Å². The van der Waals surface area contributed by atoms with Crippen LogP contribution in [0.25, 0.3) is 0 Å². The molecule has 13 heavy (non-hydrogen) atoms. The van der Waals surface area contributed by atoms with E-state index in [0.717, 1.165) is 6.42 Å². The molecule has 0 saturated carbocycles. The van der Waals surface area contributed by atoms with Crippen LogP contribution in [0.5, 0.6) is 0 Å². The zero-order chi connectivity index (χ0) is 9.84. The summed E-state index contributed by atoms with van der Waals surface area (Å²) in [7, 11) is 0. The second kappa shape index (κ2) is 4.40. The standard InChI is InChI=1S/C11H18N2/c1-8-3-4-10(7-9(8)2)11(13)5-6-12/h3-4,7,11H,5-6,12-13H2,1-2H3/t11-/m0/s1. The Bertz CT molecular complexity index is 281. The van der Waals surface area contributed by atoms with E-state index in [1.165, 1.54) is 16.7 Å². The first-order chi connectivity index (χ1) is 6.15. The first-order valence-corrected chi connectivity index (χ1v) is 4.68. The summed E-state index contributed by atoms with van der Waals surface area (Å²) in [6.45, 7) is 4.86. The molecule has 4 N–H and O–H groups in total. The van der Waals surface area contributed by atoms with Crippen molar-refractivity contribution >= 4 is 0 Å². The van der Waals surface area contributed by atoms with E-state index in [4.69, 9.17) is 11.5 Å². The van der Waals surface area contributed by atoms with Gasteiger partial charge in [-0.05, 0) is 43.5 Å². The van der Waals surface area contributed by atoms with E-state index in [-0.39, 0.29) is 6.04 Å². The first kappa shape index (κ1) is 10.2. The van der Waals surface area contributed by atoms with E-state index < -0.39 is 0 Å². The summed E-state index contributed by atoms with van der Waals surface area (Å²) >= 11 is 0. The van der Waals surface area contributed by atoms with Gasteiger partial charge >= 0.3 is 0 Å². The van der Waals surface area contributed by atoms with Gasteiger partial charge in [-0.1, -0.05) is 18.2 Å². The van der Waals surface area contributed by atoms with Gasteiger partial charge in [-0.3, -0.25) is 0 Å². The van der Waals surface area contributed by atoms with Crippen LogP contribution >= 0.6 is 0 Å². The highest BCUT2D eigenvalue weighted by atomic mass is 14.7. The fraction of sp³-hybridized carbons (Fsp3) is 0.455. The van der Waals surface area contributed by atoms with Crippen molar-refractivity contribution in [1.29, 1.82) is 0 Å². The predicted molar refractivity (Wildman–Crippen MR) is 56.5 cm³/mol. The molecule has 0 heterocycles. The van der Waals surface area contributed by atoms with Gasteiger partial charge in [0.25, 0.3) is 0 Å². The van der Waals surface area contributed by atoms with Crippen molar-refractivity contribution in [2.75, 3.05) is 6.54 Å². The lowest BCUT2D eigenvalue weighted by Crippen LogP contribution is -2.15. The van der Waals surface area contributed by atoms with Crippen molar-refractivity contribution < 1.29 is 0 Å². The maximum atomic E-state index is 5.94. The molecule has 1 aromatic rings. The predicted octanol–water partition coefficient (Wildman–Crippen LogP) is 1.65. The van der Waals surface area contributed by atoms with Crippen LogP contribution in [0.3, 0.4) is 0 Å². The molecule has 0 saturated heterocycles. The van der Waals surface area contributed by atoms with E-state index in [2.05, 4.69) is 32.0 Å². The minimum atomic E-state index is 0.0873. The molecule has 0 amide bonds. The molecule has 1 aromatic carbocycles. The molecule has 1 rings (SSSR count). The highest BCUT2D eigenvalue weighted by molar-refractivity contribution is 5.31. The summed E-state index contributed by atoms with van der Waals surface area (Å²) in [6.07, 6.45) is 0.850. The minimum Gasteiger partial charge on any atom is -0.330 e. The second-order valence-electron chi connectivity index (χ2n) is 3.53. The zero-order valence-electron chi connectivity index (χ0n) is 8.38. The lowest BCUT2D eigenvalue weighted by molar-refractivity contribution is 0.661. The third-order valence-electron chi connectivity index (χ3n) is 2.44. The molecule has 2 heteroatoms. The van der Waals surface area contributed by atoms with E-state index in [9.17, 15) is 0 Å². The van der Waals surface area contributed by atoms with Crippen LogP contribution in [-0.4, -0.2) is 6.54 Å². The van der Waals surface area contributed by atoms with Gasteiger partial charge in [0.2, 0.25) is 0 Å². The Morgan fingerprint density at radius 1 is 1.23 bits per heavy atom. The summed E-state index contributed by atoms with van der Waals surface area (Å²) in [5, 5.41) is 0. The van der Waals surface area contributed by atoms with E-state index in [1.807, 2.05) is 0 Å². The maximum Gasteiger partial charge on any atom is 0.0307 e. The van der Waals surface area contributed by atoms with Gasteiger partial charge in [0, 0.05) is 6.04 Å². The Labute approximate surface area is 79.9 Å². The van der Waals surface area contributed by atoms with Crippen LogP contribution < -0.4 is 11.5 Å². The van der Waals surface area contributed by atoms with E-state index >= 15 is 0 Å². The number of nitrogens with two attached hydrogens (primary N) is 2. The summed E-state index contributed by atoms with van der Waals surface area (Å²) in [6, 6.07) is 6.43. The third kappa shape index (κ3) is 2.54. The second-order valence-corrected chi connectivity index (χ2v) is 3.53. The summed E-state index contributed by atoms with van der Waals surface area (Å²) in [5.74, 6) is 0. The fourth-order valence-corrected chi connectivity index (χ4v) is 1.34. The van der Waals surface area contributed by atoms with Crippen molar-refractivity contribution in [1.82, 2.24) is 0 Å². The number of aryl methyl sites for hydroxylation is 2. The Kier molecular flexibility index (Phi) is 3.46. The van der Waals surface area contributed by atoms with Crippen molar-refractivity contribution in [3.05, 3.63) is 34.9 Å². The Morgan fingerprint density at radius 2 is 1.92 bits per heavy atom. The first-order valence-electron chi connectivity index (χ1n) is 4.68. The molecular formula is C11H18N2. The monoisotopic (exact) mass is 178 g/mol. The van der Waals surface area contributed by atoms with Gasteiger partial charge in [0.15, 0.2) is 0 Å². The average Bonchev–Trinajstić information content (AvgIpc) is 2.10. The highest BCUT2D eigenvalue weighted by Gasteiger charge is 2.04. The lowest BCUT2D eigenvalue weighted by atomic mass is 10.00. The van der Waals surface area contributed by atoms with Crippen LogP contribution in [0.4, 0.5) is 0 Å². The van der Waals surface area contributed by atoms with Gasteiger partial charge in [-0.2, -0.15) is 0 Å². The average molecular weight is 178 g/mol. The van der Waals surface area contributed by atoms with Crippen LogP contribution in [0, 0.1) is 13.8 Å². The van der Waals surface area contributed by atoms with Crippen LogP contribution in [0.15, 0.2) is 18.2 Å². The topological polar surface area (TPSA) is 52.0 Å². The summed E-state index contributed by atoms with van der Waals surface area (Å²) in [5.41, 5.74) is 15.2. The fourth-order valence-electron chi connectivity index (χ4n) is 1.34. The van der Waals surface area contributed by atoms with Crippen molar-refractivity contribution in [2.45, 2.75) is 26.3 Å². The number of hydrogen-bond donors (Lipinski definition) is 2. The van der Waals surface area contributed by atoms with Crippen LogP contribution in [0.1, 0.15) is 29.2 Å². The van der Waals surface area contributed by atoms with Gasteiger partial charge in [-0.25, -0.2) is 0 Å². The molecule has 0 unspecified atom stereocenters. The minimum absolute atomic E-state index is 0.0873. The molecule has 2 nitrogen and oxygen atoms in total. The smallest absolute Gasteiger partial charge is 0.0307 e. The number of rotatable bonds is 3. The Hall–Kier alpha value is -0.860. The molecule has 0 aliphatic rings. The summed E-state index contributed by atoms with van der Waals surface area (Å²) in [4.78, 5) is 0. The van der Waals surface area contributed by atoms with Crippen molar-refractivity contribution in [2.24, 2.45) is 11.5 Å². The molecular weight excluding hydrogens is 160 g/mol. The SMILES string of the molecule is Cc1ccc([C@@H](N)CCN)cc1C.